The summed E-state index contributed by atoms with van der Waals surface area (Å²) in [6, 6.07) is 6.39. The summed E-state index contributed by atoms with van der Waals surface area (Å²) in [6.45, 7) is 4.25. The van der Waals surface area contributed by atoms with Gasteiger partial charge in [0.05, 0.1) is 0 Å². The number of fused-ring (bicyclic) bond motifs is 1. The van der Waals surface area contributed by atoms with Gasteiger partial charge in [-0.15, -0.1) is 11.3 Å². The van der Waals surface area contributed by atoms with Gasteiger partial charge in [-0.25, -0.2) is 0 Å². The van der Waals surface area contributed by atoms with Crippen molar-refractivity contribution >= 4 is 37.4 Å². The van der Waals surface area contributed by atoms with Gasteiger partial charge < -0.3 is 5.32 Å². The lowest BCUT2D eigenvalue weighted by molar-refractivity contribution is 0.679. The smallest absolute Gasteiger partial charge is 0.0488 e. The van der Waals surface area contributed by atoms with Crippen molar-refractivity contribution < 1.29 is 0 Å². The lowest BCUT2D eigenvalue weighted by atomic mass is 10.2. The van der Waals surface area contributed by atoms with E-state index in [4.69, 9.17) is 0 Å². The molecule has 1 N–H and O–H groups in total. The van der Waals surface area contributed by atoms with E-state index in [2.05, 4.69) is 51.7 Å². The Bertz CT molecular complexity index is 450. The number of benzene rings is 1. The Balaban J connectivity index is 2.25. The Kier molecular flexibility index (Phi) is 3.78. The largest absolute Gasteiger partial charge is 0.313 e. The van der Waals surface area contributed by atoms with E-state index in [-0.39, 0.29) is 0 Å². The van der Waals surface area contributed by atoms with Crippen LogP contribution in [0.25, 0.3) is 10.1 Å². The molecule has 2 aromatic rings. The minimum atomic E-state index is 0.976. The third-order valence-electron chi connectivity index (χ3n) is 2.37. The van der Waals surface area contributed by atoms with Crippen LogP contribution in [0.2, 0.25) is 0 Å². The van der Waals surface area contributed by atoms with E-state index in [1.807, 2.05) is 11.3 Å². The fourth-order valence-electron chi connectivity index (χ4n) is 1.61. The van der Waals surface area contributed by atoms with Crippen molar-refractivity contribution in [1.29, 1.82) is 0 Å². The van der Waals surface area contributed by atoms with E-state index in [0.29, 0.717) is 0 Å². The predicted octanol–water partition coefficient (Wildman–Crippen LogP) is 4.16. The van der Waals surface area contributed by atoms with Gasteiger partial charge in [0.2, 0.25) is 0 Å². The Morgan fingerprint density at radius 1 is 1.40 bits per heavy atom. The van der Waals surface area contributed by atoms with Crippen molar-refractivity contribution in [1.82, 2.24) is 5.32 Å². The zero-order valence-electron chi connectivity index (χ0n) is 8.72. The molecule has 1 heterocycles. The quantitative estimate of drug-likeness (QED) is 0.831. The van der Waals surface area contributed by atoms with Gasteiger partial charge in [0.25, 0.3) is 0 Å². The maximum atomic E-state index is 3.58. The summed E-state index contributed by atoms with van der Waals surface area (Å²) in [5.41, 5.74) is 1.41. The second-order valence-corrected chi connectivity index (χ2v) is 5.29. The molecular formula is C12H14BrNS. The highest BCUT2D eigenvalue weighted by Crippen LogP contribution is 2.31. The zero-order chi connectivity index (χ0) is 10.7. The third-order valence-corrected chi connectivity index (χ3v) is 4.38. The molecule has 1 aromatic carbocycles. The number of hydrogen-bond donors (Lipinski definition) is 1. The van der Waals surface area contributed by atoms with Crippen LogP contribution in [0, 0.1) is 0 Å². The molecule has 0 aliphatic rings. The fraction of sp³-hybridized carbons (Fsp3) is 0.333. The molecular weight excluding hydrogens is 270 g/mol. The van der Waals surface area contributed by atoms with Gasteiger partial charge in [-0.2, -0.15) is 0 Å². The standard InChI is InChI=1S/C12H14BrNS/c1-2-6-14-7-9-8-15-12-10(9)4-3-5-11(12)13/h3-5,8,14H,2,6-7H2,1H3. The Labute approximate surface area is 103 Å². The molecule has 2 rings (SSSR count). The number of thiophene rings is 1. The average Bonchev–Trinajstić information content (AvgIpc) is 2.64. The van der Waals surface area contributed by atoms with Crippen LogP contribution in [-0.4, -0.2) is 6.54 Å². The molecule has 80 valence electrons. The molecule has 1 nitrogen and oxygen atoms in total. The first-order valence-corrected chi connectivity index (χ1v) is 6.85. The number of nitrogens with one attached hydrogen (secondary N) is 1. The van der Waals surface area contributed by atoms with Gasteiger partial charge in [-0.1, -0.05) is 19.1 Å². The number of rotatable bonds is 4. The van der Waals surface area contributed by atoms with Crippen molar-refractivity contribution in [3.05, 3.63) is 33.6 Å². The molecule has 0 spiro atoms. The molecule has 0 aliphatic carbocycles. The first kappa shape index (κ1) is 11.1. The molecule has 3 heteroatoms. The van der Waals surface area contributed by atoms with Crippen molar-refractivity contribution in [2.45, 2.75) is 19.9 Å². The molecule has 0 unspecified atom stereocenters. The fourth-order valence-corrected chi connectivity index (χ4v) is 3.24. The van der Waals surface area contributed by atoms with Crippen molar-refractivity contribution in [2.75, 3.05) is 6.54 Å². The molecule has 0 saturated carbocycles. The minimum Gasteiger partial charge on any atom is -0.313 e. The Hall–Kier alpha value is -0.380. The summed E-state index contributed by atoms with van der Waals surface area (Å²) in [6.07, 6.45) is 1.19. The van der Waals surface area contributed by atoms with E-state index in [9.17, 15) is 0 Å². The Morgan fingerprint density at radius 3 is 3.07 bits per heavy atom. The van der Waals surface area contributed by atoms with E-state index in [1.165, 1.54) is 26.5 Å². The van der Waals surface area contributed by atoms with Gasteiger partial charge in [0.1, 0.15) is 0 Å². The lowest BCUT2D eigenvalue weighted by Crippen LogP contribution is -2.13. The molecule has 0 radical (unpaired) electrons. The first-order chi connectivity index (χ1) is 7.33. The predicted molar refractivity (Wildman–Crippen MR) is 71.5 cm³/mol. The topological polar surface area (TPSA) is 12.0 Å². The maximum absolute atomic E-state index is 3.58. The SMILES string of the molecule is CCCNCc1csc2c(Br)cccc12. The van der Waals surface area contributed by atoms with Crippen LogP contribution in [0.15, 0.2) is 28.1 Å². The second-order valence-electron chi connectivity index (χ2n) is 3.55. The van der Waals surface area contributed by atoms with Crippen LogP contribution in [0.3, 0.4) is 0 Å². The monoisotopic (exact) mass is 283 g/mol. The molecule has 0 fully saturated rings. The summed E-state index contributed by atoms with van der Waals surface area (Å²) in [4.78, 5) is 0. The van der Waals surface area contributed by atoms with Crippen LogP contribution in [0.4, 0.5) is 0 Å². The molecule has 0 amide bonds. The highest BCUT2D eigenvalue weighted by Gasteiger charge is 2.05. The molecule has 0 aliphatic heterocycles. The molecule has 1 aromatic heterocycles. The lowest BCUT2D eigenvalue weighted by Gasteiger charge is -2.01. The average molecular weight is 284 g/mol. The first-order valence-electron chi connectivity index (χ1n) is 5.18. The van der Waals surface area contributed by atoms with Crippen LogP contribution in [0.1, 0.15) is 18.9 Å². The Morgan fingerprint density at radius 2 is 2.27 bits per heavy atom. The summed E-state index contributed by atoms with van der Waals surface area (Å²) in [5.74, 6) is 0. The van der Waals surface area contributed by atoms with Gasteiger partial charge in [-0.05, 0) is 51.3 Å². The highest BCUT2D eigenvalue weighted by atomic mass is 79.9. The second kappa shape index (κ2) is 5.10. The molecule has 0 atom stereocenters. The van der Waals surface area contributed by atoms with Gasteiger partial charge >= 0.3 is 0 Å². The van der Waals surface area contributed by atoms with Gasteiger partial charge in [0.15, 0.2) is 0 Å². The zero-order valence-corrected chi connectivity index (χ0v) is 11.1. The summed E-state index contributed by atoms with van der Waals surface area (Å²) >= 11 is 5.39. The number of hydrogen-bond acceptors (Lipinski definition) is 2. The molecule has 0 saturated heterocycles. The van der Waals surface area contributed by atoms with Gasteiger partial charge in [-0.3, -0.25) is 0 Å². The van der Waals surface area contributed by atoms with Crippen LogP contribution in [0.5, 0.6) is 0 Å². The summed E-state index contributed by atoms with van der Waals surface area (Å²) < 4.78 is 2.55. The molecule has 15 heavy (non-hydrogen) atoms. The summed E-state index contributed by atoms with van der Waals surface area (Å²) in [5, 5.41) is 7.06. The minimum absolute atomic E-state index is 0.976. The van der Waals surface area contributed by atoms with Crippen molar-refractivity contribution in [3.63, 3.8) is 0 Å². The van der Waals surface area contributed by atoms with E-state index in [0.717, 1.165) is 13.1 Å². The normalized spacial score (nSPS) is 11.1. The van der Waals surface area contributed by atoms with Crippen LogP contribution in [-0.2, 0) is 6.54 Å². The van der Waals surface area contributed by atoms with E-state index < -0.39 is 0 Å². The van der Waals surface area contributed by atoms with Crippen LogP contribution < -0.4 is 5.32 Å². The maximum Gasteiger partial charge on any atom is 0.0488 e. The molecule has 0 bridgehead atoms. The van der Waals surface area contributed by atoms with E-state index in [1.54, 1.807) is 0 Å². The number of halogens is 1. The summed E-state index contributed by atoms with van der Waals surface area (Å²) in [7, 11) is 0. The third kappa shape index (κ3) is 2.41. The van der Waals surface area contributed by atoms with E-state index >= 15 is 0 Å². The van der Waals surface area contributed by atoms with Crippen LogP contribution >= 0.6 is 27.3 Å². The highest BCUT2D eigenvalue weighted by molar-refractivity contribution is 9.10. The van der Waals surface area contributed by atoms with Gasteiger partial charge in [0, 0.05) is 15.7 Å². The van der Waals surface area contributed by atoms with Crippen molar-refractivity contribution in [3.8, 4) is 0 Å². The van der Waals surface area contributed by atoms with Crippen molar-refractivity contribution in [2.24, 2.45) is 0 Å².